The Labute approximate surface area is 129 Å². The molecule has 110 valence electrons. The van der Waals surface area contributed by atoms with Gasteiger partial charge in [-0.25, -0.2) is 4.98 Å². The highest BCUT2D eigenvalue weighted by Crippen LogP contribution is 2.12. The first-order valence-electron chi connectivity index (χ1n) is 6.74. The van der Waals surface area contributed by atoms with Crippen molar-refractivity contribution in [3.8, 4) is 5.75 Å². The maximum atomic E-state index is 11.8. The summed E-state index contributed by atoms with van der Waals surface area (Å²) in [6, 6.07) is 11.1. The van der Waals surface area contributed by atoms with Gasteiger partial charge in [0, 0.05) is 12.7 Å². The van der Waals surface area contributed by atoms with Crippen LogP contribution in [0, 0.1) is 6.92 Å². The lowest BCUT2D eigenvalue weighted by molar-refractivity contribution is 0.0951. The van der Waals surface area contributed by atoms with Crippen LogP contribution in [0.1, 0.15) is 22.3 Å². The number of carbonyl (C=O) groups is 1. The van der Waals surface area contributed by atoms with Crippen molar-refractivity contribution in [1.82, 2.24) is 10.3 Å². The fourth-order valence-electron chi connectivity index (χ4n) is 1.78. The molecule has 0 bridgehead atoms. The first-order valence-corrected chi connectivity index (χ1v) is 7.12. The number of hydrogen-bond donors (Lipinski definition) is 1. The van der Waals surface area contributed by atoms with Crippen LogP contribution >= 0.6 is 11.6 Å². The summed E-state index contributed by atoms with van der Waals surface area (Å²) in [5.74, 6) is 0.693. The Hall–Kier alpha value is -2.07. The van der Waals surface area contributed by atoms with E-state index in [0.717, 1.165) is 17.7 Å². The SMILES string of the molecule is Cc1cccc(OCCCNC(=O)c2ccc(Cl)nc2)c1. The minimum Gasteiger partial charge on any atom is -0.494 e. The van der Waals surface area contributed by atoms with Crippen molar-refractivity contribution in [2.45, 2.75) is 13.3 Å². The normalized spacial score (nSPS) is 10.2. The molecule has 1 N–H and O–H groups in total. The van der Waals surface area contributed by atoms with Crippen LogP contribution in [0.25, 0.3) is 0 Å². The monoisotopic (exact) mass is 304 g/mol. The van der Waals surface area contributed by atoms with Gasteiger partial charge in [-0.15, -0.1) is 0 Å². The lowest BCUT2D eigenvalue weighted by atomic mass is 10.2. The largest absolute Gasteiger partial charge is 0.494 e. The second-order valence-corrected chi connectivity index (χ2v) is 5.03. The summed E-state index contributed by atoms with van der Waals surface area (Å²) in [6.45, 7) is 3.13. The van der Waals surface area contributed by atoms with Gasteiger partial charge in [0.1, 0.15) is 10.9 Å². The van der Waals surface area contributed by atoms with Gasteiger partial charge in [-0.05, 0) is 43.2 Å². The number of aromatic nitrogens is 1. The number of ether oxygens (including phenoxy) is 1. The fraction of sp³-hybridized carbons (Fsp3) is 0.250. The van der Waals surface area contributed by atoms with Crippen LogP contribution in [0.3, 0.4) is 0 Å². The molecule has 0 radical (unpaired) electrons. The van der Waals surface area contributed by atoms with Gasteiger partial charge < -0.3 is 10.1 Å². The van der Waals surface area contributed by atoms with Gasteiger partial charge in [-0.1, -0.05) is 23.7 Å². The van der Waals surface area contributed by atoms with Gasteiger partial charge in [-0.2, -0.15) is 0 Å². The van der Waals surface area contributed by atoms with Gasteiger partial charge in [0.2, 0.25) is 0 Å². The van der Waals surface area contributed by atoms with Crippen molar-refractivity contribution in [3.05, 3.63) is 58.9 Å². The van der Waals surface area contributed by atoms with Crippen LogP contribution in [-0.4, -0.2) is 24.0 Å². The number of aryl methyl sites for hydroxylation is 1. The van der Waals surface area contributed by atoms with E-state index in [1.807, 2.05) is 31.2 Å². The Bertz CT molecular complexity index is 599. The Morgan fingerprint density at radius 3 is 2.90 bits per heavy atom. The molecule has 0 aliphatic heterocycles. The molecule has 0 fully saturated rings. The zero-order chi connectivity index (χ0) is 15.1. The van der Waals surface area contributed by atoms with Crippen molar-refractivity contribution >= 4 is 17.5 Å². The maximum Gasteiger partial charge on any atom is 0.252 e. The van der Waals surface area contributed by atoms with E-state index in [2.05, 4.69) is 10.3 Å². The topological polar surface area (TPSA) is 51.2 Å². The van der Waals surface area contributed by atoms with Crippen LogP contribution in [0.2, 0.25) is 5.15 Å². The van der Waals surface area contributed by atoms with Crippen molar-refractivity contribution in [3.63, 3.8) is 0 Å². The molecule has 1 heterocycles. The first-order chi connectivity index (χ1) is 10.1. The average molecular weight is 305 g/mol. The standard InChI is InChI=1S/C16H17ClN2O2/c1-12-4-2-5-14(10-12)21-9-3-8-18-16(20)13-6-7-15(17)19-11-13/h2,4-7,10-11H,3,8-9H2,1H3,(H,18,20). The molecular weight excluding hydrogens is 288 g/mol. The molecule has 0 unspecified atom stereocenters. The summed E-state index contributed by atoms with van der Waals surface area (Å²) in [6.07, 6.45) is 2.20. The first kappa shape index (κ1) is 15.3. The average Bonchev–Trinajstić information content (AvgIpc) is 2.47. The summed E-state index contributed by atoms with van der Waals surface area (Å²) in [7, 11) is 0. The molecule has 5 heteroatoms. The summed E-state index contributed by atoms with van der Waals surface area (Å²) >= 11 is 5.67. The highest BCUT2D eigenvalue weighted by atomic mass is 35.5. The highest BCUT2D eigenvalue weighted by molar-refractivity contribution is 6.29. The minimum atomic E-state index is -0.158. The quantitative estimate of drug-likeness (QED) is 0.658. The van der Waals surface area contributed by atoms with E-state index in [4.69, 9.17) is 16.3 Å². The molecule has 1 aromatic carbocycles. The zero-order valence-electron chi connectivity index (χ0n) is 11.8. The van der Waals surface area contributed by atoms with E-state index in [1.54, 1.807) is 12.1 Å². The number of hydrogen-bond acceptors (Lipinski definition) is 3. The van der Waals surface area contributed by atoms with Crippen LogP contribution < -0.4 is 10.1 Å². The molecule has 0 spiro atoms. The third-order valence-corrected chi connectivity index (χ3v) is 3.08. The molecule has 2 aromatic rings. The van der Waals surface area contributed by atoms with Gasteiger partial charge in [0.05, 0.1) is 12.2 Å². The van der Waals surface area contributed by atoms with Gasteiger partial charge in [0.15, 0.2) is 0 Å². The number of rotatable bonds is 6. The number of nitrogens with zero attached hydrogens (tertiary/aromatic N) is 1. The predicted octanol–water partition coefficient (Wildman–Crippen LogP) is 3.24. The van der Waals surface area contributed by atoms with Crippen molar-refractivity contribution in [1.29, 1.82) is 0 Å². The molecule has 0 atom stereocenters. The van der Waals surface area contributed by atoms with E-state index >= 15 is 0 Å². The summed E-state index contributed by atoms with van der Waals surface area (Å²) in [5.41, 5.74) is 1.66. The Kier molecular flexibility index (Phi) is 5.58. The fourth-order valence-corrected chi connectivity index (χ4v) is 1.89. The lowest BCUT2D eigenvalue weighted by Gasteiger charge is -2.08. The minimum absolute atomic E-state index is 0.158. The zero-order valence-corrected chi connectivity index (χ0v) is 12.6. The third-order valence-electron chi connectivity index (χ3n) is 2.85. The van der Waals surface area contributed by atoms with E-state index in [-0.39, 0.29) is 5.91 Å². The molecule has 0 saturated carbocycles. The second kappa shape index (κ2) is 7.64. The lowest BCUT2D eigenvalue weighted by Crippen LogP contribution is -2.25. The number of pyridine rings is 1. The molecule has 1 amide bonds. The van der Waals surface area contributed by atoms with E-state index in [9.17, 15) is 4.79 Å². The Morgan fingerprint density at radius 2 is 2.19 bits per heavy atom. The molecule has 0 saturated heterocycles. The summed E-state index contributed by atoms with van der Waals surface area (Å²) in [5, 5.41) is 3.19. The summed E-state index contributed by atoms with van der Waals surface area (Å²) < 4.78 is 5.61. The smallest absolute Gasteiger partial charge is 0.252 e. The van der Waals surface area contributed by atoms with Crippen molar-refractivity contribution in [2.75, 3.05) is 13.2 Å². The van der Waals surface area contributed by atoms with E-state index in [1.165, 1.54) is 6.20 Å². The molecular formula is C16H17ClN2O2. The molecule has 0 aliphatic rings. The van der Waals surface area contributed by atoms with Crippen molar-refractivity contribution in [2.24, 2.45) is 0 Å². The Balaban J connectivity index is 1.68. The van der Waals surface area contributed by atoms with Gasteiger partial charge in [-0.3, -0.25) is 4.79 Å². The molecule has 4 nitrogen and oxygen atoms in total. The number of benzene rings is 1. The van der Waals surface area contributed by atoms with Crippen LogP contribution in [0.15, 0.2) is 42.6 Å². The predicted molar refractivity (Wildman–Crippen MR) is 82.9 cm³/mol. The molecule has 21 heavy (non-hydrogen) atoms. The summed E-state index contributed by atoms with van der Waals surface area (Å²) in [4.78, 5) is 15.7. The van der Waals surface area contributed by atoms with Gasteiger partial charge >= 0.3 is 0 Å². The number of carbonyl (C=O) groups excluding carboxylic acids is 1. The number of halogens is 1. The van der Waals surface area contributed by atoms with Crippen LogP contribution in [0.4, 0.5) is 0 Å². The molecule has 0 aliphatic carbocycles. The highest BCUT2D eigenvalue weighted by Gasteiger charge is 2.04. The van der Waals surface area contributed by atoms with Crippen LogP contribution in [0.5, 0.6) is 5.75 Å². The molecule has 2 rings (SSSR count). The molecule has 1 aromatic heterocycles. The van der Waals surface area contributed by atoms with Crippen molar-refractivity contribution < 1.29 is 9.53 Å². The maximum absolute atomic E-state index is 11.8. The van der Waals surface area contributed by atoms with E-state index < -0.39 is 0 Å². The van der Waals surface area contributed by atoms with Crippen LogP contribution in [-0.2, 0) is 0 Å². The third kappa shape index (κ3) is 5.08. The Morgan fingerprint density at radius 1 is 1.33 bits per heavy atom. The van der Waals surface area contributed by atoms with E-state index in [0.29, 0.717) is 23.9 Å². The number of amides is 1. The number of nitrogens with one attached hydrogen (secondary N) is 1. The second-order valence-electron chi connectivity index (χ2n) is 4.64. The van der Waals surface area contributed by atoms with Gasteiger partial charge in [0.25, 0.3) is 5.91 Å².